The largest absolute Gasteiger partial charge is 0.504 e. The van der Waals surface area contributed by atoms with Gasteiger partial charge < -0.3 is 15.1 Å². The molecule has 0 unspecified atom stereocenters. The number of nitrogens with zero attached hydrogens (tertiary/aromatic N) is 3. The van der Waals surface area contributed by atoms with Crippen LogP contribution < -0.4 is 4.90 Å². The molecular weight excluding hydrogens is 379 g/mol. The van der Waals surface area contributed by atoms with Crippen molar-refractivity contribution in [3.63, 3.8) is 0 Å². The van der Waals surface area contributed by atoms with E-state index in [-0.39, 0.29) is 17.2 Å². The minimum Gasteiger partial charge on any atom is -0.504 e. The first-order valence-electron chi connectivity index (χ1n) is 7.99. The fourth-order valence-electron chi connectivity index (χ4n) is 2.55. The van der Waals surface area contributed by atoms with E-state index in [2.05, 4.69) is 5.10 Å². The lowest BCUT2D eigenvalue weighted by Gasteiger charge is -2.31. The van der Waals surface area contributed by atoms with Crippen molar-refractivity contribution in [2.45, 2.75) is 6.18 Å². The molecule has 1 fully saturated rings. The highest BCUT2D eigenvalue weighted by molar-refractivity contribution is 6.04. The normalized spacial score (nSPS) is 15.5. The van der Waals surface area contributed by atoms with Crippen LogP contribution in [0, 0.1) is 0 Å². The van der Waals surface area contributed by atoms with Crippen molar-refractivity contribution in [3.05, 3.63) is 53.6 Å². The number of phenols is 2. The first-order valence-corrected chi connectivity index (χ1v) is 7.99. The Morgan fingerprint density at radius 1 is 0.964 bits per heavy atom. The number of amides is 2. The summed E-state index contributed by atoms with van der Waals surface area (Å²) in [7, 11) is 0. The number of carbonyl (C=O) groups excluding carboxylic acids is 2. The predicted molar refractivity (Wildman–Crippen MR) is 92.9 cm³/mol. The number of benzene rings is 2. The summed E-state index contributed by atoms with van der Waals surface area (Å²) in [4.78, 5) is 25.5. The molecule has 3 rings (SSSR count). The number of hydrogen-bond acceptors (Lipinski definition) is 5. The number of carbonyl (C=O) groups is 2. The molecule has 146 valence electrons. The van der Waals surface area contributed by atoms with Gasteiger partial charge in [0.15, 0.2) is 11.5 Å². The number of anilines is 1. The molecule has 1 heterocycles. The molecule has 0 radical (unpaired) electrons. The summed E-state index contributed by atoms with van der Waals surface area (Å²) >= 11 is 0. The molecule has 0 atom stereocenters. The van der Waals surface area contributed by atoms with Crippen LogP contribution in [0.4, 0.5) is 18.9 Å². The second-order valence-corrected chi connectivity index (χ2v) is 5.97. The number of piperazine rings is 1. The quantitative estimate of drug-likeness (QED) is 0.618. The molecule has 0 aliphatic carbocycles. The first kappa shape index (κ1) is 19.2. The zero-order valence-corrected chi connectivity index (χ0v) is 14.2. The molecule has 1 aliphatic heterocycles. The Morgan fingerprint density at radius 3 is 2.39 bits per heavy atom. The van der Waals surface area contributed by atoms with E-state index in [0.717, 1.165) is 28.1 Å². The molecule has 2 amide bonds. The zero-order valence-electron chi connectivity index (χ0n) is 14.2. The summed E-state index contributed by atoms with van der Waals surface area (Å²) in [5, 5.41) is 23.5. The maximum absolute atomic E-state index is 12.9. The van der Waals surface area contributed by atoms with Gasteiger partial charge in [-0.3, -0.25) is 9.59 Å². The second-order valence-electron chi connectivity index (χ2n) is 5.97. The Kier molecular flexibility index (Phi) is 4.95. The van der Waals surface area contributed by atoms with E-state index in [9.17, 15) is 33.0 Å². The standard InChI is InChI=1S/C18H14F3N3O4/c19-18(20,21)12-2-1-3-13(7-12)23-9-17(28)24(10-16(23)27)22-8-11-4-5-14(25)15(26)6-11/h1-8,25-26H,9-10H2/b22-8+. The Hall–Kier alpha value is -3.56. The molecule has 0 bridgehead atoms. The Bertz CT molecular complexity index is 959. The highest BCUT2D eigenvalue weighted by Gasteiger charge is 2.34. The van der Waals surface area contributed by atoms with Gasteiger partial charge in [-0.25, -0.2) is 5.01 Å². The molecule has 1 saturated heterocycles. The molecule has 2 N–H and O–H groups in total. The maximum Gasteiger partial charge on any atom is 0.416 e. The van der Waals surface area contributed by atoms with Crippen LogP contribution in [-0.4, -0.2) is 46.3 Å². The van der Waals surface area contributed by atoms with Crippen molar-refractivity contribution in [1.29, 1.82) is 0 Å². The van der Waals surface area contributed by atoms with E-state index in [1.165, 1.54) is 30.5 Å². The third-order valence-corrected chi connectivity index (χ3v) is 4.00. The van der Waals surface area contributed by atoms with Gasteiger partial charge in [-0.2, -0.15) is 18.3 Å². The van der Waals surface area contributed by atoms with Gasteiger partial charge in [0.05, 0.1) is 11.8 Å². The van der Waals surface area contributed by atoms with Gasteiger partial charge >= 0.3 is 6.18 Å². The smallest absolute Gasteiger partial charge is 0.416 e. The summed E-state index contributed by atoms with van der Waals surface area (Å²) in [6.45, 7) is -0.909. The second kappa shape index (κ2) is 7.22. The zero-order chi connectivity index (χ0) is 20.5. The lowest BCUT2D eigenvalue weighted by atomic mass is 10.1. The van der Waals surface area contributed by atoms with Gasteiger partial charge in [0.1, 0.15) is 13.1 Å². The summed E-state index contributed by atoms with van der Waals surface area (Å²) < 4.78 is 38.6. The minimum absolute atomic E-state index is 0.0275. The topological polar surface area (TPSA) is 93.4 Å². The number of alkyl halides is 3. The monoisotopic (exact) mass is 393 g/mol. The first-order chi connectivity index (χ1) is 13.1. The number of rotatable bonds is 3. The van der Waals surface area contributed by atoms with E-state index in [4.69, 9.17) is 0 Å². The third-order valence-electron chi connectivity index (χ3n) is 4.00. The average molecular weight is 393 g/mol. The predicted octanol–water partition coefficient (Wildman–Crippen LogP) is 2.33. The number of hydrazone groups is 1. The van der Waals surface area contributed by atoms with Crippen LogP contribution in [-0.2, 0) is 15.8 Å². The Labute approximate surface area is 156 Å². The van der Waals surface area contributed by atoms with Crippen molar-refractivity contribution < 1.29 is 33.0 Å². The molecule has 10 heteroatoms. The van der Waals surface area contributed by atoms with E-state index in [1.54, 1.807) is 0 Å². The molecule has 7 nitrogen and oxygen atoms in total. The summed E-state index contributed by atoms with van der Waals surface area (Å²) in [6, 6.07) is 8.05. The highest BCUT2D eigenvalue weighted by Crippen LogP contribution is 2.32. The van der Waals surface area contributed by atoms with Crippen LogP contribution in [0.3, 0.4) is 0 Å². The average Bonchev–Trinajstić information content (AvgIpc) is 2.64. The van der Waals surface area contributed by atoms with Crippen molar-refractivity contribution in [3.8, 4) is 11.5 Å². The van der Waals surface area contributed by atoms with Crippen LogP contribution in [0.15, 0.2) is 47.6 Å². The lowest BCUT2D eigenvalue weighted by Crippen LogP contribution is -2.52. The Balaban J connectivity index is 1.75. The number of phenolic OH excluding ortho intramolecular Hbond substituents is 2. The fraction of sp³-hybridized carbons (Fsp3) is 0.167. The van der Waals surface area contributed by atoms with Crippen molar-refractivity contribution >= 4 is 23.7 Å². The number of halogens is 3. The highest BCUT2D eigenvalue weighted by atomic mass is 19.4. The number of aromatic hydroxyl groups is 2. The minimum atomic E-state index is -4.56. The molecule has 2 aromatic carbocycles. The lowest BCUT2D eigenvalue weighted by molar-refractivity contribution is -0.138. The van der Waals surface area contributed by atoms with Crippen LogP contribution in [0.5, 0.6) is 11.5 Å². The van der Waals surface area contributed by atoms with Crippen LogP contribution in [0.1, 0.15) is 11.1 Å². The molecule has 0 saturated carbocycles. The van der Waals surface area contributed by atoms with Crippen molar-refractivity contribution in [2.75, 3.05) is 18.0 Å². The maximum atomic E-state index is 12.9. The SMILES string of the molecule is O=C1CN(c2cccc(C(F)(F)F)c2)C(=O)CN1/N=C/c1ccc(O)c(O)c1. The van der Waals surface area contributed by atoms with Gasteiger partial charge in [0.25, 0.3) is 5.91 Å². The fourth-order valence-corrected chi connectivity index (χ4v) is 2.55. The summed E-state index contributed by atoms with van der Waals surface area (Å²) in [6.07, 6.45) is -3.35. The van der Waals surface area contributed by atoms with Crippen LogP contribution in [0.2, 0.25) is 0 Å². The van der Waals surface area contributed by atoms with Gasteiger partial charge in [0, 0.05) is 5.69 Å². The van der Waals surface area contributed by atoms with Crippen LogP contribution >= 0.6 is 0 Å². The van der Waals surface area contributed by atoms with Crippen molar-refractivity contribution in [1.82, 2.24) is 5.01 Å². The van der Waals surface area contributed by atoms with E-state index in [1.807, 2.05) is 0 Å². The Morgan fingerprint density at radius 2 is 1.71 bits per heavy atom. The van der Waals surface area contributed by atoms with Gasteiger partial charge in [-0.05, 0) is 42.0 Å². The van der Waals surface area contributed by atoms with Crippen molar-refractivity contribution in [2.24, 2.45) is 5.10 Å². The van der Waals surface area contributed by atoms with Gasteiger partial charge in [0.2, 0.25) is 5.91 Å². The summed E-state index contributed by atoms with van der Waals surface area (Å²) in [5.74, 6) is -1.88. The molecule has 2 aromatic rings. The molecular formula is C18H14F3N3O4. The third kappa shape index (κ3) is 4.05. The molecule has 1 aliphatic rings. The number of hydrogen-bond donors (Lipinski definition) is 2. The molecule has 0 aromatic heterocycles. The van der Waals surface area contributed by atoms with Gasteiger partial charge in [-0.1, -0.05) is 6.07 Å². The molecule has 0 spiro atoms. The summed E-state index contributed by atoms with van der Waals surface area (Å²) in [5.41, 5.74) is -0.575. The van der Waals surface area contributed by atoms with E-state index in [0.29, 0.717) is 5.56 Å². The van der Waals surface area contributed by atoms with E-state index < -0.39 is 36.6 Å². The van der Waals surface area contributed by atoms with Gasteiger partial charge in [-0.15, -0.1) is 0 Å². The molecule has 28 heavy (non-hydrogen) atoms. The van der Waals surface area contributed by atoms with E-state index >= 15 is 0 Å². The van der Waals surface area contributed by atoms with Crippen LogP contribution in [0.25, 0.3) is 0 Å².